The second-order valence-electron chi connectivity index (χ2n) is 6.10. The molecule has 3 heterocycles. The SMILES string of the molecule is Cc1cc(C=NNN2CCCC2)nc(C=NNN2CCCC2)c1.[Cl-].[Cl-].[Co+2]. The van der Waals surface area contributed by atoms with Crippen LogP contribution < -0.4 is 35.9 Å². The minimum absolute atomic E-state index is 0. The van der Waals surface area contributed by atoms with Gasteiger partial charge in [0.2, 0.25) is 0 Å². The maximum Gasteiger partial charge on any atom is 2.00 e. The van der Waals surface area contributed by atoms with Crippen LogP contribution in [0.2, 0.25) is 0 Å². The number of hydrogen-bond acceptors (Lipinski definition) is 7. The number of hydrazine groups is 2. The van der Waals surface area contributed by atoms with Crippen LogP contribution in [0.15, 0.2) is 22.3 Å². The van der Waals surface area contributed by atoms with Crippen molar-refractivity contribution in [2.24, 2.45) is 10.2 Å². The summed E-state index contributed by atoms with van der Waals surface area (Å²) in [6, 6.07) is 4.03. The molecule has 1 aromatic heterocycles. The first-order valence-corrected chi connectivity index (χ1v) is 8.36. The van der Waals surface area contributed by atoms with Crippen molar-refractivity contribution in [1.82, 2.24) is 26.1 Å². The molecule has 2 aliphatic heterocycles. The molecule has 0 atom stereocenters. The summed E-state index contributed by atoms with van der Waals surface area (Å²) in [5, 5.41) is 12.8. The number of halogens is 2. The van der Waals surface area contributed by atoms with Crippen molar-refractivity contribution in [2.75, 3.05) is 26.2 Å². The number of hydrazone groups is 2. The average molecular weight is 445 g/mol. The van der Waals surface area contributed by atoms with E-state index in [2.05, 4.69) is 43.2 Å². The molecule has 2 saturated heterocycles. The molecule has 0 unspecified atom stereocenters. The van der Waals surface area contributed by atoms with Crippen LogP contribution >= 0.6 is 0 Å². The maximum absolute atomic E-state index is 4.55. The molecule has 3 rings (SSSR count). The fraction of sp³-hybridized carbons (Fsp3) is 0.562. The van der Waals surface area contributed by atoms with Gasteiger partial charge in [0.1, 0.15) is 0 Å². The topological polar surface area (TPSA) is 68.1 Å². The largest absolute Gasteiger partial charge is 2.00 e. The van der Waals surface area contributed by atoms with E-state index in [1.165, 1.54) is 25.7 Å². The molecule has 0 aromatic carbocycles. The van der Waals surface area contributed by atoms with Gasteiger partial charge in [0.15, 0.2) is 0 Å². The van der Waals surface area contributed by atoms with Crippen LogP contribution in [-0.4, -0.2) is 53.6 Å². The summed E-state index contributed by atoms with van der Waals surface area (Å²) in [7, 11) is 0. The summed E-state index contributed by atoms with van der Waals surface area (Å²) < 4.78 is 0. The molecule has 7 nitrogen and oxygen atoms in total. The van der Waals surface area contributed by atoms with Crippen molar-refractivity contribution in [3.8, 4) is 0 Å². The van der Waals surface area contributed by atoms with E-state index in [1.54, 1.807) is 12.4 Å². The first-order chi connectivity index (χ1) is 11.3. The minimum Gasteiger partial charge on any atom is -1.00 e. The molecule has 147 valence electrons. The Kier molecular flexibility index (Phi) is 12.8. The van der Waals surface area contributed by atoms with Crippen molar-refractivity contribution in [2.45, 2.75) is 32.6 Å². The molecule has 0 spiro atoms. The van der Waals surface area contributed by atoms with Gasteiger partial charge in [0.25, 0.3) is 0 Å². The summed E-state index contributed by atoms with van der Waals surface area (Å²) in [5.41, 5.74) is 8.93. The maximum atomic E-state index is 4.55. The van der Waals surface area contributed by atoms with E-state index in [0.717, 1.165) is 43.1 Å². The molecule has 1 radical (unpaired) electrons. The predicted molar refractivity (Wildman–Crippen MR) is 92.0 cm³/mol. The Hall–Kier alpha value is -0.904. The van der Waals surface area contributed by atoms with Crippen LogP contribution in [0.5, 0.6) is 0 Å². The summed E-state index contributed by atoms with van der Waals surface area (Å²) in [4.78, 5) is 4.55. The first-order valence-electron chi connectivity index (χ1n) is 8.36. The van der Waals surface area contributed by atoms with E-state index in [-0.39, 0.29) is 41.6 Å². The number of aromatic nitrogens is 1. The van der Waals surface area contributed by atoms with Gasteiger partial charge in [0, 0.05) is 26.2 Å². The van der Waals surface area contributed by atoms with E-state index in [4.69, 9.17) is 0 Å². The number of rotatable bonds is 6. The van der Waals surface area contributed by atoms with Crippen molar-refractivity contribution in [1.29, 1.82) is 0 Å². The Morgan fingerprint density at radius 2 is 1.23 bits per heavy atom. The third-order valence-electron chi connectivity index (χ3n) is 4.01. The van der Waals surface area contributed by atoms with Gasteiger partial charge in [-0.25, -0.2) is 26.1 Å². The smallest absolute Gasteiger partial charge is 1.00 e. The summed E-state index contributed by atoms with van der Waals surface area (Å²) in [6.07, 6.45) is 8.45. The molecule has 2 N–H and O–H groups in total. The van der Waals surface area contributed by atoms with Crippen LogP contribution in [0.3, 0.4) is 0 Å². The molecular formula is C16H25Cl2CoN7. The number of nitrogens with one attached hydrogen (secondary N) is 2. The van der Waals surface area contributed by atoms with Crippen molar-refractivity contribution < 1.29 is 41.6 Å². The average Bonchev–Trinajstić information content (AvgIpc) is 3.20. The van der Waals surface area contributed by atoms with Crippen molar-refractivity contribution in [3.63, 3.8) is 0 Å². The van der Waals surface area contributed by atoms with Crippen LogP contribution in [0, 0.1) is 6.92 Å². The number of nitrogens with zero attached hydrogens (tertiary/aromatic N) is 5. The Balaban J connectivity index is 0.00000208. The minimum atomic E-state index is 0. The molecule has 2 fully saturated rings. The molecule has 0 bridgehead atoms. The van der Waals surface area contributed by atoms with E-state index in [9.17, 15) is 0 Å². The second kappa shape index (κ2) is 13.3. The van der Waals surface area contributed by atoms with Gasteiger partial charge in [-0.15, -0.1) is 0 Å². The Labute approximate surface area is 178 Å². The first kappa shape index (κ1) is 25.1. The molecule has 0 amide bonds. The van der Waals surface area contributed by atoms with Crippen LogP contribution in [0.4, 0.5) is 0 Å². The molecule has 0 saturated carbocycles. The van der Waals surface area contributed by atoms with E-state index in [1.807, 2.05) is 12.1 Å². The summed E-state index contributed by atoms with van der Waals surface area (Å²) in [5.74, 6) is 0. The van der Waals surface area contributed by atoms with Gasteiger partial charge in [-0.05, 0) is 50.3 Å². The Bertz CT molecular complexity index is 527. The summed E-state index contributed by atoms with van der Waals surface area (Å²) >= 11 is 0. The Morgan fingerprint density at radius 3 is 1.62 bits per heavy atom. The fourth-order valence-corrected chi connectivity index (χ4v) is 2.84. The molecular weight excluding hydrogens is 420 g/mol. The van der Waals surface area contributed by atoms with Gasteiger partial charge in [0.05, 0.1) is 23.8 Å². The Morgan fingerprint density at radius 1 is 0.846 bits per heavy atom. The molecule has 2 aliphatic rings. The summed E-state index contributed by atoms with van der Waals surface area (Å²) in [6.45, 7) is 6.27. The van der Waals surface area contributed by atoms with Gasteiger partial charge < -0.3 is 24.8 Å². The van der Waals surface area contributed by atoms with Crippen molar-refractivity contribution >= 4 is 12.4 Å². The second-order valence-corrected chi connectivity index (χ2v) is 6.10. The fourth-order valence-electron chi connectivity index (χ4n) is 2.84. The van der Waals surface area contributed by atoms with Crippen LogP contribution in [0.25, 0.3) is 0 Å². The zero-order valence-corrected chi connectivity index (χ0v) is 17.3. The third kappa shape index (κ3) is 8.19. The quantitative estimate of drug-likeness (QED) is 0.340. The van der Waals surface area contributed by atoms with Gasteiger partial charge in [-0.1, -0.05) is 0 Å². The number of aryl methyl sites for hydroxylation is 1. The molecule has 26 heavy (non-hydrogen) atoms. The standard InChI is InChI=1S/C16H25N7.2ClH.Co/c1-14-10-15(12-17-20-22-6-2-3-7-22)19-16(11-14)13-18-21-23-8-4-5-9-23;;;/h10-13,20-21H,2-9H2,1H3;2*1H;/q;;;+2/p-2. The van der Waals surface area contributed by atoms with Crippen LogP contribution in [-0.2, 0) is 16.8 Å². The van der Waals surface area contributed by atoms with E-state index >= 15 is 0 Å². The van der Waals surface area contributed by atoms with Crippen LogP contribution in [0.1, 0.15) is 42.6 Å². The van der Waals surface area contributed by atoms with E-state index < -0.39 is 0 Å². The normalized spacial score (nSPS) is 17.7. The third-order valence-corrected chi connectivity index (χ3v) is 4.01. The van der Waals surface area contributed by atoms with Gasteiger partial charge in [-0.3, -0.25) is 0 Å². The zero-order chi connectivity index (χ0) is 15.9. The van der Waals surface area contributed by atoms with E-state index in [0.29, 0.717) is 0 Å². The number of pyridine rings is 1. The van der Waals surface area contributed by atoms with Crippen molar-refractivity contribution in [3.05, 3.63) is 29.1 Å². The zero-order valence-electron chi connectivity index (χ0n) is 14.8. The molecule has 0 aliphatic carbocycles. The molecule has 1 aromatic rings. The molecule has 10 heteroatoms. The monoisotopic (exact) mass is 444 g/mol. The predicted octanol–water partition coefficient (Wildman–Crippen LogP) is -4.74. The van der Waals surface area contributed by atoms with Gasteiger partial charge >= 0.3 is 16.8 Å². The number of hydrogen-bond donors (Lipinski definition) is 2. The van der Waals surface area contributed by atoms with Gasteiger partial charge in [-0.2, -0.15) is 10.2 Å².